The monoisotopic (exact) mass is 488 g/mol. The van der Waals surface area contributed by atoms with Gasteiger partial charge >= 0.3 is 0 Å². The smallest absolute Gasteiger partial charge is 0.283 e. The minimum Gasteiger partial charge on any atom is -0.492 e. The lowest BCUT2D eigenvalue weighted by molar-refractivity contribution is -0.0862. The fourth-order valence-electron chi connectivity index (χ4n) is 5.29. The lowest BCUT2D eigenvalue weighted by Gasteiger charge is -2.43. The van der Waals surface area contributed by atoms with Gasteiger partial charge in [-0.05, 0) is 60.6 Å². The van der Waals surface area contributed by atoms with E-state index in [0.717, 1.165) is 53.6 Å². The van der Waals surface area contributed by atoms with Gasteiger partial charge in [-0.2, -0.15) is 0 Å². The fraction of sp³-hybridized carbons (Fsp3) is 0.571. The third-order valence-corrected chi connectivity index (χ3v) is 7.48. The molecule has 3 atom stereocenters. The molecule has 2 N–H and O–H groups in total. The van der Waals surface area contributed by atoms with Crippen molar-refractivity contribution in [2.24, 2.45) is 5.92 Å². The lowest BCUT2D eigenvalue weighted by Crippen LogP contribution is -2.49. The van der Waals surface area contributed by atoms with Gasteiger partial charge in [0.25, 0.3) is 5.92 Å². The summed E-state index contributed by atoms with van der Waals surface area (Å²) in [4.78, 5) is 4.17. The number of fused-ring (bicyclic) bond motifs is 1. The highest BCUT2D eigenvalue weighted by Gasteiger charge is 2.40. The number of aliphatic hydroxyl groups is 2. The van der Waals surface area contributed by atoms with Crippen molar-refractivity contribution in [1.82, 2.24) is 9.80 Å². The number of aliphatic hydroxyl groups excluding tert-OH is 2. The average molecular weight is 489 g/mol. The molecule has 2 aliphatic heterocycles. The quantitative estimate of drug-likeness (QED) is 0.519. The third-order valence-electron chi connectivity index (χ3n) is 7.48. The van der Waals surface area contributed by atoms with Crippen molar-refractivity contribution in [2.75, 3.05) is 39.4 Å². The topological polar surface area (TPSA) is 56.2 Å². The van der Waals surface area contributed by atoms with E-state index >= 15 is 0 Å². The molecule has 1 saturated heterocycles. The first-order valence-corrected chi connectivity index (χ1v) is 12.7. The van der Waals surface area contributed by atoms with E-state index in [0.29, 0.717) is 13.0 Å². The van der Waals surface area contributed by atoms with Gasteiger partial charge in [0, 0.05) is 25.7 Å². The molecule has 4 rings (SSSR count). The van der Waals surface area contributed by atoms with E-state index < -0.39 is 25.2 Å². The summed E-state index contributed by atoms with van der Waals surface area (Å²) in [7, 11) is 0. The molecule has 0 spiro atoms. The van der Waals surface area contributed by atoms with Crippen LogP contribution in [-0.2, 0) is 6.42 Å². The number of nitrogens with zero attached hydrogens (tertiary/aromatic N) is 2. The van der Waals surface area contributed by atoms with E-state index in [-0.39, 0.29) is 12.1 Å². The van der Waals surface area contributed by atoms with Crippen molar-refractivity contribution in [3.63, 3.8) is 0 Å². The number of hydrogen-bond donors (Lipinski definition) is 2. The molecule has 2 heterocycles. The van der Waals surface area contributed by atoms with E-state index in [9.17, 15) is 19.0 Å². The summed E-state index contributed by atoms with van der Waals surface area (Å²) < 4.78 is 34.6. The van der Waals surface area contributed by atoms with E-state index in [1.807, 2.05) is 49.4 Å². The Morgan fingerprint density at radius 1 is 1.14 bits per heavy atom. The molecule has 35 heavy (non-hydrogen) atoms. The van der Waals surface area contributed by atoms with Crippen LogP contribution < -0.4 is 4.74 Å². The molecule has 2 aliphatic rings. The van der Waals surface area contributed by atoms with Crippen LogP contribution in [-0.4, -0.2) is 71.4 Å². The van der Waals surface area contributed by atoms with Crippen LogP contribution in [0.15, 0.2) is 42.5 Å². The first-order chi connectivity index (χ1) is 16.7. The van der Waals surface area contributed by atoms with Gasteiger partial charge in [0.05, 0.1) is 18.7 Å². The second-order valence-corrected chi connectivity index (χ2v) is 10.2. The van der Waals surface area contributed by atoms with Crippen LogP contribution in [0.3, 0.4) is 0 Å². The molecule has 0 unspecified atom stereocenters. The maximum absolute atomic E-state index is 14.3. The van der Waals surface area contributed by atoms with E-state index in [2.05, 4.69) is 11.8 Å². The Hall–Kier alpha value is -2.06. The Balaban J connectivity index is 1.54. The van der Waals surface area contributed by atoms with E-state index in [1.54, 1.807) is 11.8 Å². The van der Waals surface area contributed by atoms with Crippen molar-refractivity contribution in [3.05, 3.63) is 64.7 Å². The predicted octanol–water partition coefficient (Wildman–Crippen LogP) is 4.42. The van der Waals surface area contributed by atoms with Crippen molar-refractivity contribution < 1.29 is 23.7 Å². The Kier molecular flexibility index (Phi) is 8.11. The Morgan fingerprint density at radius 2 is 1.86 bits per heavy atom. The van der Waals surface area contributed by atoms with E-state index in [4.69, 9.17) is 4.74 Å². The maximum atomic E-state index is 14.3. The van der Waals surface area contributed by atoms with Gasteiger partial charge in [0.15, 0.2) is 0 Å². The summed E-state index contributed by atoms with van der Waals surface area (Å²) in [6.07, 6.45) is 1.24. The second kappa shape index (κ2) is 10.9. The molecule has 0 aromatic heterocycles. The van der Waals surface area contributed by atoms with Crippen LogP contribution >= 0.6 is 0 Å². The zero-order chi connectivity index (χ0) is 25.2. The van der Waals surface area contributed by atoms with Gasteiger partial charge in [0.1, 0.15) is 19.0 Å². The van der Waals surface area contributed by atoms with Crippen LogP contribution in [0, 0.1) is 5.92 Å². The molecule has 7 heteroatoms. The summed E-state index contributed by atoms with van der Waals surface area (Å²) in [5.74, 6) is -1.62. The Labute approximate surface area is 207 Å². The number of likely N-dealkylation sites (tertiary alicyclic amines) is 1. The zero-order valence-corrected chi connectivity index (χ0v) is 21.0. The first kappa shape index (κ1) is 26.0. The van der Waals surface area contributed by atoms with Gasteiger partial charge in [-0.1, -0.05) is 43.7 Å². The number of benzene rings is 2. The van der Waals surface area contributed by atoms with Gasteiger partial charge < -0.3 is 14.9 Å². The van der Waals surface area contributed by atoms with Crippen LogP contribution in [0.1, 0.15) is 61.6 Å². The van der Waals surface area contributed by atoms with Crippen LogP contribution in [0.25, 0.3) is 0 Å². The zero-order valence-electron chi connectivity index (χ0n) is 21.0. The number of hydrogen-bond acceptors (Lipinski definition) is 5. The summed E-state index contributed by atoms with van der Waals surface area (Å²) in [6.45, 7) is 7.99. The summed E-state index contributed by atoms with van der Waals surface area (Å²) in [6, 6.07) is 13.0. The molecule has 0 amide bonds. The van der Waals surface area contributed by atoms with Crippen molar-refractivity contribution in [3.8, 4) is 5.75 Å². The van der Waals surface area contributed by atoms with Crippen molar-refractivity contribution >= 4 is 0 Å². The van der Waals surface area contributed by atoms with Crippen LogP contribution in [0.5, 0.6) is 5.75 Å². The van der Waals surface area contributed by atoms with Crippen LogP contribution in [0.2, 0.25) is 0 Å². The number of rotatable bonds is 10. The highest BCUT2D eigenvalue weighted by atomic mass is 19.3. The minimum atomic E-state index is -3.19. The van der Waals surface area contributed by atoms with Gasteiger partial charge in [-0.3, -0.25) is 9.80 Å². The van der Waals surface area contributed by atoms with E-state index in [1.165, 1.54) is 6.42 Å². The molecule has 0 bridgehead atoms. The fourth-order valence-corrected chi connectivity index (χ4v) is 5.29. The SMILES string of the molecule is CCC1CN(CCOc2ccc([C@@H]3c4ccc([C@H](C)O)cc4C[C@@H](C)N3CC(F)(F)CO)cc2)C1. The summed E-state index contributed by atoms with van der Waals surface area (Å²) >= 11 is 0. The highest BCUT2D eigenvalue weighted by Crippen LogP contribution is 2.40. The Morgan fingerprint density at radius 3 is 2.49 bits per heavy atom. The molecular weight excluding hydrogens is 450 g/mol. The summed E-state index contributed by atoms with van der Waals surface area (Å²) in [5.41, 5.74) is 3.74. The predicted molar refractivity (Wildman–Crippen MR) is 133 cm³/mol. The standard InChI is InChI=1S/C28H38F2N2O3/c1-4-21-15-31(16-21)11-12-35-25-8-5-22(6-9-25)27-26-10-7-23(20(3)34)14-24(26)13-19(2)32(27)17-28(29,30)18-33/h5-10,14,19-21,27,33-34H,4,11-13,15-18H2,1-3H3/t19-,20+,27-/m1/s1. The number of halogens is 2. The van der Waals surface area contributed by atoms with Crippen molar-refractivity contribution in [2.45, 2.75) is 57.7 Å². The van der Waals surface area contributed by atoms with Gasteiger partial charge in [0.2, 0.25) is 0 Å². The van der Waals surface area contributed by atoms with Crippen molar-refractivity contribution in [1.29, 1.82) is 0 Å². The molecule has 5 nitrogen and oxygen atoms in total. The molecule has 1 fully saturated rings. The normalized spacial score (nSPS) is 22.5. The van der Waals surface area contributed by atoms with Crippen LogP contribution in [0.4, 0.5) is 8.78 Å². The van der Waals surface area contributed by atoms with Gasteiger partial charge in [-0.15, -0.1) is 0 Å². The summed E-state index contributed by atoms with van der Waals surface area (Å²) in [5, 5.41) is 19.3. The number of ether oxygens (including phenoxy) is 1. The van der Waals surface area contributed by atoms with Gasteiger partial charge in [-0.25, -0.2) is 8.78 Å². The average Bonchev–Trinajstić information content (AvgIpc) is 2.81. The highest BCUT2D eigenvalue weighted by molar-refractivity contribution is 5.44. The maximum Gasteiger partial charge on any atom is 0.283 e. The minimum absolute atomic E-state index is 0.159. The second-order valence-electron chi connectivity index (χ2n) is 10.2. The molecule has 2 aromatic rings. The molecule has 0 radical (unpaired) electrons. The largest absolute Gasteiger partial charge is 0.492 e. The lowest BCUT2D eigenvalue weighted by atomic mass is 9.83. The molecule has 0 aliphatic carbocycles. The molecular formula is C28H38F2N2O3. The Bertz CT molecular complexity index is 977. The third kappa shape index (κ3) is 6.02. The molecule has 2 aromatic carbocycles. The molecule has 0 saturated carbocycles. The molecule has 192 valence electrons. The number of alkyl halides is 2. The first-order valence-electron chi connectivity index (χ1n) is 12.7.